The minimum atomic E-state index is -1.07. The highest BCUT2D eigenvalue weighted by atomic mass is 19.2. The molecular weight excluding hydrogens is 269 g/mol. The maximum Gasteiger partial charge on any atom is 0.257 e. The quantitative estimate of drug-likeness (QED) is 0.904. The monoisotopic (exact) mass is 280 g/mol. The normalized spacial score (nSPS) is 10.2. The Balaban J connectivity index is 2.28. The first-order chi connectivity index (χ1) is 9.52. The van der Waals surface area contributed by atoms with Crippen molar-refractivity contribution < 1.29 is 18.0 Å². The Morgan fingerprint density at radius 1 is 1.00 bits per heavy atom. The van der Waals surface area contributed by atoms with Gasteiger partial charge in [0.2, 0.25) is 0 Å². The number of rotatable bonds is 3. The third kappa shape index (κ3) is 2.74. The lowest BCUT2D eigenvalue weighted by Gasteiger charge is -2.10. The molecule has 0 unspecified atom stereocenters. The van der Waals surface area contributed by atoms with Gasteiger partial charge in [-0.3, -0.25) is 4.79 Å². The van der Waals surface area contributed by atoms with Crippen molar-refractivity contribution >= 4 is 17.3 Å². The summed E-state index contributed by atoms with van der Waals surface area (Å²) in [6, 6.07) is 6.98. The average molecular weight is 280 g/mol. The molecule has 6 heteroatoms. The summed E-state index contributed by atoms with van der Waals surface area (Å²) in [5.41, 5.74) is 0.185. The number of carbonyl (C=O) groups is 1. The molecule has 0 saturated heterocycles. The van der Waals surface area contributed by atoms with Crippen molar-refractivity contribution in [2.45, 2.75) is 0 Å². The van der Waals surface area contributed by atoms with Crippen LogP contribution in [-0.4, -0.2) is 13.0 Å². The Kier molecular flexibility index (Phi) is 3.93. The van der Waals surface area contributed by atoms with E-state index < -0.39 is 23.4 Å². The van der Waals surface area contributed by atoms with Crippen LogP contribution >= 0.6 is 0 Å². The van der Waals surface area contributed by atoms with E-state index in [9.17, 15) is 18.0 Å². The first-order valence-corrected chi connectivity index (χ1v) is 5.75. The Morgan fingerprint density at radius 2 is 1.75 bits per heavy atom. The highest BCUT2D eigenvalue weighted by molar-refractivity contribution is 6.08. The van der Waals surface area contributed by atoms with Gasteiger partial charge in [0.05, 0.1) is 11.3 Å². The van der Waals surface area contributed by atoms with E-state index in [0.717, 1.165) is 12.1 Å². The van der Waals surface area contributed by atoms with Crippen LogP contribution in [0.2, 0.25) is 0 Å². The van der Waals surface area contributed by atoms with Gasteiger partial charge >= 0.3 is 0 Å². The SMILES string of the molecule is CNc1c(F)cccc1C(=O)Nc1ccc(F)c(F)c1. The molecule has 1 amide bonds. The summed E-state index contributed by atoms with van der Waals surface area (Å²) in [6.45, 7) is 0. The number of amides is 1. The van der Waals surface area contributed by atoms with Crippen LogP contribution in [0.5, 0.6) is 0 Å². The number of carbonyl (C=O) groups excluding carboxylic acids is 1. The molecule has 0 saturated carbocycles. The fraction of sp³-hybridized carbons (Fsp3) is 0.0714. The fourth-order valence-corrected chi connectivity index (χ4v) is 1.74. The van der Waals surface area contributed by atoms with Crippen molar-refractivity contribution in [2.24, 2.45) is 0 Å². The third-order valence-electron chi connectivity index (χ3n) is 2.69. The maximum absolute atomic E-state index is 13.5. The van der Waals surface area contributed by atoms with Gasteiger partial charge in [-0.05, 0) is 24.3 Å². The van der Waals surface area contributed by atoms with Crippen LogP contribution in [0.25, 0.3) is 0 Å². The molecule has 2 rings (SSSR count). The number of hydrogen-bond donors (Lipinski definition) is 2. The Bertz CT molecular complexity index is 659. The highest BCUT2D eigenvalue weighted by Crippen LogP contribution is 2.21. The molecule has 0 aliphatic carbocycles. The second-order valence-electron chi connectivity index (χ2n) is 4.00. The summed E-state index contributed by atoms with van der Waals surface area (Å²) in [5.74, 6) is -3.29. The van der Waals surface area contributed by atoms with Gasteiger partial charge in [0.1, 0.15) is 5.82 Å². The second-order valence-corrected chi connectivity index (χ2v) is 4.00. The third-order valence-corrected chi connectivity index (χ3v) is 2.69. The first kappa shape index (κ1) is 13.9. The predicted octanol–water partition coefficient (Wildman–Crippen LogP) is 3.40. The van der Waals surface area contributed by atoms with Crippen molar-refractivity contribution in [1.29, 1.82) is 0 Å². The number of benzene rings is 2. The van der Waals surface area contributed by atoms with Crippen LogP contribution in [0.1, 0.15) is 10.4 Å². The van der Waals surface area contributed by atoms with Gasteiger partial charge in [0.25, 0.3) is 5.91 Å². The van der Waals surface area contributed by atoms with Crippen LogP contribution in [-0.2, 0) is 0 Å². The van der Waals surface area contributed by atoms with E-state index in [4.69, 9.17) is 0 Å². The fourth-order valence-electron chi connectivity index (χ4n) is 1.74. The molecular formula is C14H11F3N2O. The van der Waals surface area contributed by atoms with Gasteiger partial charge in [0, 0.05) is 18.8 Å². The standard InChI is InChI=1S/C14H11F3N2O/c1-18-13-9(3-2-4-11(13)16)14(20)19-8-5-6-10(15)12(17)7-8/h2-7,18H,1H3,(H,19,20). The first-order valence-electron chi connectivity index (χ1n) is 5.75. The molecule has 2 aromatic rings. The lowest BCUT2D eigenvalue weighted by atomic mass is 10.1. The lowest BCUT2D eigenvalue weighted by molar-refractivity contribution is 0.102. The van der Waals surface area contributed by atoms with Crippen LogP contribution in [0, 0.1) is 17.5 Å². The average Bonchev–Trinajstić information content (AvgIpc) is 2.42. The molecule has 104 valence electrons. The Morgan fingerprint density at radius 3 is 2.40 bits per heavy atom. The molecule has 0 aromatic heterocycles. The van der Waals surface area contributed by atoms with Gasteiger partial charge in [-0.25, -0.2) is 13.2 Å². The van der Waals surface area contributed by atoms with Crippen LogP contribution < -0.4 is 10.6 Å². The van der Waals surface area contributed by atoms with Gasteiger partial charge in [-0.1, -0.05) is 6.07 Å². The molecule has 0 aliphatic heterocycles. The molecule has 0 atom stereocenters. The van der Waals surface area contributed by atoms with Crippen molar-refractivity contribution in [2.75, 3.05) is 17.7 Å². The molecule has 2 aromatic carbocycles. The van der Waals surface area contributed by atoms with Crippen LogP contribution in [0.15, 0.2) is 36.4 Å². The molecule has 3 nitrogen and oxygen atoms in total. The molecule has 0 radical (unpaired) electrons. The number of halogens is 3. The van der Waals surface area contributed by atoms with E-state index in [1.54, 1.807) is 0 Å². The summed E-state index contributed by atoms with van der Waals surface area (Å²) >= 11 is 0. The number of anilines is 2. The number of hydrogen-bond acceptors (Lipinski definition) is 2. The molecule has 0 aliphatic rings. The lowest BCUT2D eigenvalue weighted by Crippen LogP contribution is -2.15. The van der Waals surface area contributed by atoms with E-state index in [-0.39, 0.29) is 16.9 Å². The van der Waals surface area contributed by atoms with Crippen LogP contribution in [0.4, 0.5) is 24.5 Å². The van der Waals surface area contributed by atoms with E-state index in [0.29, 0.717) is 0 Å². The molecule has 0 fully saturated rings. The van der Waals surface area contributed by atoms with E-state index in [1.165, 1.54) is 31.3 Å². The van der Waals surface area contributed by atoms with Crippen molar-refractivity contribution in [3.8, 4) is 0 Å². The zero-order valence-corrected chi connectivity index (χ0v) is 10.5. The summed E-state index contributed by atoms with van der Waals surface area (Å²) in [7, 11) is 1.48. The van der Waals surface area contributed by atoms with Crippen molar-refractivity contribution in [3.63, 3.8) is 0 Å². The van der Waals surface area contributed by atoms with Crippen molar-refractivity contribution in [3.05, 3.63) is 59.4 Å². The van der Waals surface area contributed by atoms with Crippen molar-refractivity contribution in [1.82, 2.24) is 0 Å². The summed E-state index contributed by atoms with van der Waals surface area (Å²) in [4.78, 5) is 12.0. The number of nitrogens with one attached hydrogen (secondary N) is 2. The summed E-state index contributed by atoms with van der Waals surface area (Å²) in [5, 5.41) is 4.96. The summed E-state index contributed by atoms with van der Waals surface area (Å²) < 4.78 is 39.3. The molecule has 0 spiro atoms. The smallest absolute Gasteiger partial charge is 0.257 e. The molecule has 0 bridgehead atoms. The van der Waals surface area contributed by atoms with Gasteiger partial charge in [0.15, 0.2) is 11.6 Å². The topological polar surface area (TPSA) is 41.1 Å². The molecule has 20 heavy (non-hydrogen) atoms. The summed E-state index contributed by atoms with van der Waals surface area (Å²) in [6.07, 6.45) is 0. The maximum atomic E-state index is 13.5. The predicted molar refractivity (Wildman–Crippen MR) is 70.3 cm³/mol. The zero-order chi connectivity index (χ0) is 14.7. The largest absolute Gasteiger partial charge is 0.385 e. The minimum Gasteiger partial charge on any atom is -0.385 e. The van der Waals surface area contributed by atoms with Crippen LogP contribution in [0.3, 0.4) is 0 Å². The Hall–Kier alpha value is -2.50. The highest BCUT2D eigenvalue weighted by Gasteiger charge is 2.14. The van der Waals surface area contributed by atoms with E-state index >= 15 is 0 Å². The molecule has 2 N–H and O–H groups in total. The second kappa shape index (κ2) is 5.64. The Labute approximate surface area is 113 Å². The number of para-hydroxylation sites is 1. The minimum absolute atomic E-state index is 0.0348. The zero-order valence-electron chi connectivity index (χ0n) is 10.5. The van der Waals surface area contributed by atoms with Gasteiger partial charge in [-0.2, -0.15) is 0 Å². The van der Waals surface area contributed by atoms with E-state index in [1.807, 2.05) is 0 Å². The van der Waals surface area contributed by atoms with E-state index in [2.05, 4.69) is 10.6 Å². The van der Waals surface area contributed by atoms with Gasteiger partial charge < -0.3 is 10.6 Å². The van der Waals surface area contributed by atoms with Gasteiger partial charge in [-0.15, -0.1) is 0 Å². The molecule has 0 heterocycles.